The molecule has 138 valence electrons. The van der Waals surface area contributed by atoms with Crippen molar-refractivity contribution in [1.29, 1.82) is 0 Å². The number of aromatic nitrogens is 1. The zero-order chi connectivity index (χ0) is 19.2. The minimum atomic E-state index is -0.0947. The molecule has 1 heterocycles. The minimum absolute atomic E-state index is 0.0512. The third-order valence-corrected chi connectivity index (χ3v) is 4.19. The Morgan fingerprint density at radius 2 is 1.73 bits per heavy atom. The van der Waals surface area contributed by atoms with Gasteiger partial charge >= 0.3 is 0 Å². The van der Waals surface area contributed by atoms with E-state index < -0.39 is 0 Å². The fourth-order valence-corrected chi connectivity index (χ4v) is 2.75. The lowest BCUT2D eigenvalue weighted by molar-refractivity contribution is -0.129. The zero-order valence-corrected chi connectivity index (χ0v) is 16.0. The van der Waals surface area contributed by atoms with Crippen molar-refractivity contribution in [1.82, 2.24) is 9.88 Å². The standard InChI is InChI=1S/C21H27N3O2/c1-16(25)24(15-17-9-12-22-13-10-17)14-11-20(26)23-19-8-6-5-7-18(19)21(2,3)4/h5-10,12-13H,11,14-15H2,1-4H3,(H,23,26). The van der Waals surface area contributed by atoms with Gasteiger partial charge in [0.1, 0.15) is 0 Å². The fourth-order valence-electron chi connectivity index (χ4n) is 2.75. The number of pyridine rings is 1. The first-order valence-corrected chi connectivity index (χ1v) is 8.81. The van der Waals surface area contributed by atoms with Gasteiger partial charge < -0.3 is 10.2 Å². The maximum atomic E-state index is 12.4. The molecule has 0 saturated heterocycles. The van der Waals surface area contributed by atoms with Crippen LogP contribution in [-0.2, 0) is 21.5 Å². The lowest BCUT2D eigenvalue weighted by Crippen LogP contribution is -2.31. The second kappa shape index (κ2) is 8.61. The number of hydrogen-bond acceptors (Lipinski definition) is 3. The van der Waals surface area contributed by atoms with Crippen LogP contribution in [0.1, 0.15) is 45.2 Å². The molecule has 5 nitrogen and oxygen atoms in total. The number of rotatable bonds is 6. The van der Waals surface area contributed by atoms with E-state index in [9.17, 15) is 9.59 Å². The van der Waals surface area contributed by atoms with E-state index in [4.69, 9.17) is 0 Å². The van der Waals surface area contributed by atoms with Crippen LogP contribution in [0.4, 0.5) is 5.69 Å². The molecule has 0 aliphatic rings. The molecule has 0 spiro atoms. The van der Waals surface area contributed by atoms with Gasteiger partial charge in [-0.1, -0.05) is 39.0 Å². The number of amides is 2. The molecular weight excluding hydrogens is 326 g/mol. The Bertz CT molecular complexity index is 751. The van der Waals surface area contributed by atoms with Crippen LogP contribution < -0.4 is 5.32 Å². The Morgan fingerprint density at radius 3 is 2.35 bits per heavy atom. The molecule has 0 fully saturated rings. The van der Waals surface area contributed by atoms with E-state index in [0.717, 1.165) is 16.8 Å². The Morgan fingerprint density at radius 1 is 1.08 bits per heavy atom. The van der Waals surface area contributed by atoms with Gasteiger partial charge in [-0.25, -0.2) is 0 Å². The molecule has 0 aliphatic heterocycles. The van der Waals surface area contributed by atoms with E-state index in [-0.39, 0.29) is 23.7 Å². The van der Waals surface area contributed by atoms with Crippen molar-refractivity contribution in [2.75, 3.05) is 11.9 Å². The molecule has 1 aromatic heterocycles. The van der Waals surface area contributed by atoms with Crippen LogP contribution in [0.2, 0.25) is 0 Å². The molecule has 0 atom stereocenters. The number of anilines is 1. The Balaban J connectivity index is 1.98. The highest BCUT2D eigenvalue weighted by atomic mass is 16.2. The molecule has 5 heteroatoms. The summed E-state index contributed by atoms with van der Waals surface area (Å²) < 4.78 is 0. The lowest BCUT2D eigenvalue weighted by Gasteiger charge is -2.24. The van der Waals surface area contributed by atoms with Crippen molar-refractivity contribution in [2.45, 2.75) is 46.1 Å². The molecule has 2 aromatic rings. The van der Waals surface area contributed by atoms with Crippen molar-refractivity contribution in [3.8, 4) is 0 Å². The van der Waals surface area contributed by atoms with Crippen molar-refractivity contribution in [2.24, 2.45) is 0 Å². The van der Waals surface area contributed by atoms with Crippen molar-refractivity contribution in [3.05, 3.63) is 59.9 Å². The highest BCUT2D eigenvalue weighted by Crippen LogP contribution is 2.29. The predicted octanol–water partition coefficient (Wildman–Crippen LogP) is 3.76. The molecule has 26 heavy (non-hydrogen) atoms. The normalized spacial score (nSPS) is 11.1. The van der Waals surface area contributed by atoms with Crippen LogP contribution in [0.25, 0.3) is 0 Å². The second-order valence-corrected chi connectivity index (χ2v) is 7.39. The molecule has 1 N–H and O–H groups in total. The monoisotopic (exact) mass is 353 g/mol. The van der Waals surface area contributed by atoms with Crippen molar-refractivity contribution in [3.63, 3.8) is 0 Å². The van der Waals surface area contributed by atoms with Gasteiger partial charge in [-0.2, -0.15) is 0 Å². The summed E-state index contributed by atoms with van der Waals surface area (Å²) in [6.45, 7) is 8.72. The number of nitrogens with one attached hydrogen (secondary N) is 1. The van der Waals surface area contributed by atoms with E-state index in [0.29, 0.717) is 13.1 Å². The van der Waals surface area contributed by atoms with Crippen LogP contribution in [0.5, 0.6) is 0 Å². The molecular formula is C21H27N3O2. The van der Waals surface area contributed by atoms with Gasteiger partial charge in [-0.3, -0.25) is 14.6 Å². The number of hydrogen-bond donors (Lipinski definition) is 1. The van der Waals surface area contributed by atoms with Gasteiger partial charge in [-0.15, -0.1) is 0 Å². The summed E-state index contributed by atoms with van der Waals surface area (Å²) in [7, 11) is 0. The summed E-state index contributed by atoms with van der Waals surface area (Å²) in [5, 5.41) is 2.99. The van der Waals surface area contributed by atoms with E-state index >= 15 is 0 Å². The first-order chi connectivity index (χ1) is 12.3. The smallest absolute Gasteiger partial charge is 0.226 e. The zero-order valence-electron chi connectivity index (χ0n) is 16.0. The quantitative estimate of drug-likeness (QED) is 0.860. The summed E-state index contributed by atoms with van der Waals surface area (Å²) in [5.74, 6) is -0.146. The summed E-state index contributed by atoms with van der Waals surface area (Å²) >= 11 is 0. The lowest BCUT2D eigenvalue weighted by atomic mass is 9.86. The van der Waals surface area contributed by atoms with Gasteiger partial charge in [0, 0.05) is 44.5 Å². The molecule has 1 aromatic carbocycles. The Hall–Kier alpha value is -2.69. The number of carbonyl (C=O) groups is 2. The van der Waals surface area contributed by atoms with E-state index in [1.165, 1.54) is 6.92 Å². The Labute approximate surface area is 155 Å². The van der Waals surface area contributed by atoms with Gasteiger partial charge in [-0.05, 0) is 34.7 Å². The summed E-state index contributed by atoms with van der Waals surface area (Å²) in [6.07, 6.45) is 3.65. The van der Waals surface area contributed by atoms with Gasteiger partial charge in [0.25, 0.3) is 0 Å². The highest BCUT2D eigenvalue weighted by molar-refractivity contribution is 5.92. The average molecular weight is 353 g/mol. The van der Waals surface area contributed by atoms with Crippen LogP contribution in [-0.4, -0.2) is 28.2 Å². The maximum Gasteiger partial charge on any atom is 0.226 e. The average Bonchev–Trinajstić information content (AvgIpc) is 2.58. The summed E-state index contributed by atoms with van der Waals surface area (Å²) in [5.41, 5.74) is 2.85. The van der Waals surface area contributed by atoms with Gasteiger partial charge in [0.15, 0.2) is 0 Å². The summed E-state index contributed by atoms with van der Waals surface area (Å²) in [4.78, 5) is 29.9. The van der Waals surface area contributed by atoms with E-state index in [1.807, 2.05) is 36.4 Å². The molecule has 0 radical (unpaired) electrons. The van der Waals surface area contributed by atoms with E-state index in [1.54, 1.807) is 17.3 Å². The predicted molar refractivity (Wildman–Crippen MR) is 104 cm³/mol. The SMILES string of the molecule is CC(=O)N(CCC(=O)Nc1ccccc1C(C)(C)C)Cc1ccncc1. The fraction of sp³-hybridized carbons (Fsp3) is 0.381. The first-order valence-electron chi connectivity index (χ1n) is 8.81. The van der Waals surface area contributed by atoms with Crippen LogP contribution >= 0.6 is 0 Å². The topological polar surface area (TPSA) is 62.3 Å². The molecule has 0 saturated carbocycles. The third kappa shape index (κ3) is 5.69. The molecule has 0 bridgehead atoms. The van der Waals surface area contributed by atoms with Crippen LogP contribution in [0.3, 0.4) is 0 Å². The van der Waals surface area contributed by atoms with Crippen LogP contribution in [0.15, 0.2) is 48.8 Å². The minimum Gasteiger partial charge on any atom is -0.338 e. The summed E-state index contributed by atoms with van der Waals surface area (Å²) in [6, 6.07) is 11.6. The van der Waals surface area contributed by atoms with Crippen LogP contribution in [0, 0.1) is 0 Å². The van der Waals surface area contributed by atoms with E-state index in [2.05, 4.69) is 31.1 Å². The van der Waals surface area contributed by atoms with Crippen molar-refractivity contribution < 1.29 is 9.59 Å². The Kier molecular flexibility index (Phi) is 6.50. The van der Waals surface area contributed by atoms with Gasteiger partial charge in [0.2, 0.25) is 11.8 Å². The second-order valence-electron chi connectivity index (χ2n) is 7.39. The largest absolute Gasteiger partial charge is 0.338 e. The molecule has 2 amide bonds. The maximum absolute atomic E-state index is 12.4. The number of nitrogens with zero attached hydrogens (tertiary/aromatic N) is 2. The molecule has 0 aliphatic carbocycles. The van der Waals surface area contributed by atoms with Crippen molar-refractivity contribution >= 4 is 17.5 Å². The number of para-hydroxylation sites is 1. The highest BCUT2D eigenvalue weighted by Gasteiger charge is 2.19. The first kappa shape index (κ1) is 19.6. The van der Waals surface area contributed by atoms with Gasteiger partial charge in [0.05, 0.1) is 0 Å². The molecule has 0 unspecified atom stereocenters. The molecule has 2 rings (SSSR count). The number of benzene rings is 1. The third-order valence-electron chi connectivity index (χ3n) is 4.19. The number of carbonyl (C=O) groups excluding carboxylic acids is 2.